The molecule has 1 unspecified atom stereocenters. The molecule has 5 nitrogen and oxygen atoms in total. The van der Waals surface area contributed by atoms with Crippen molar-refractivity contribution in [1.82, 2.24) is 5.32 Å². The SMILES string of the molecule is CCOC(=O)C(NC(=O)Nc1ccc(Cl)c(Cl)c1)C(F)(F)F. The number of alkyl halides is 3. The lowest BCUT2D eigenvalue weighted by atomic mass is 10.3. The van der Waals surface area contributed by atoms with Crippen LogP contribution in [0.25, 0.3) is 0 Å². The predicted molar refractivity (Wildman–Crippen MR) is 75.1 cm³/mol. The van der Waals surface area contributed by atoms with Crippen LogP contribution in [0.5, 0.6) is 0 Å². The van der Waals surface area contributed by atoms with Gasteiger partial charge in [-0.25, -0.2) is 9.59 Å². The summed E-state index contributed by atoms with van der Waals surface area (Å²) in [6.45, 7) is 1.10. The Morgan fingerprint density at radius 1 is 1.27 bits per heavy atom. The van der Waals surface area contributed by atoms with Crippen LogP contribution in [0.3, 0.4) is 0 Å². The Kier molecular flexibility index (Phi) is 6.31. The summed E-state index contributed by atoms with van der Waals surface area (Å²) in [4.78, 5) is 22.8. The standard InChI is InChI=1S/C12H11Cl2F3N2O3/c1-2-22-10(20)9(12(15,16)17)19-11(21)18-6-3-4-7(13)8(14)5-6/h3-5,9H,2H2,1H3,(H2,18,19,21). The minimum atomic E-state index is -4.98. The van der Waals surface area contributed by atoms with Crippen molar-refractivity contribution in [3.8, 4) is 0 Å². The molecule has 0 aliphatic rings. The fraction of sp³-hybridized carbons (Fsp3) is 0.333. The normalized spacial score (nSPS) is 12.5. The third kappa shape index (κ3) is 5.27. The first-order chi connectivity index (χ1) is 10.1. The number of ether oxygens (including phenoxy) is 1. The zero-order valence-electron chi connectivity index (χ0n) is 11.1. The third-order valence-corrected chi connectivity index (χ3v) is 3.04. The van der Waals surface area contributed by atoms with Gasteiger partial charge in [0, 0.05) is 5.69 Å². The first kappa shape index (κ1) is 18.4. The van der Waals surface area contributed by atoms with E-state index >= 15 is 0 Å². The van der Waals surface area contributed by atoms with Crippen molar-refractivity contribution in [3.05, 3.63) is 28.2 Å². The Morgan fingerprint density at radius 3 is 2.41 bits per heavy atom. The molecule has 0 heterocycles. The van der Waals surface area contributed by atoms with Crippen LogP contribution >= 0.6 is 23.2 Å². The molecule has 0 radical (unpaired) electrons. The maximum Gasteiger partial charge on any atom is 0.419 e. The van der Waals surface area contributed by atoms with Crippen molar-refractivity contribution >= 4 is 40.9 Å². The Balaban J connectivity index is 2.78. The van der Waals surface area contributed by atoms with E-state index in [-0.39, 0.29) is 22.3 Å². The second-order valence-corrected chi connectivity index (χ2v) is 4.77. The molecule has 0 aliphatic heterocycles. The topological polar surface area (TPSA) is 67.4 Å². The number of benzene rings is 1. The Hall–Kier alpha value is -1.67. The van der Waals surface area contributed by atoms with Gasteiger partial charge in [-0.2, -0.15) is 13.2 Å². The summed E-state index contributed by atoms with van der Waals surface area (Å²) in [6.07, 6.45) is -4.98. The number of urea groups is 1. The summed E-state index contributed by atoms with van der Waals surface area (Å²) in [5, 5.41) is 3.93. The lowest BCUT2D eigenvalue weighted by molar-refractivity contribution is -0.182. The number of anilines is 1. The van der Waals surface area contributed by atoms with Gasteiger partial charge in [0.05, 0.1) is 16.7 Å². The van der Waals surface area contributed by atoms with Crippen LogP contribution in [0.4, 0.5) is 23.7 Å². The van der Waals surface area contributed by atoms with Gasteiger partial charge in [-0.3, -0.25) is 0 Å². The van der Waals surface area contributed by atoms with Crippen molar-refractivity contribution in [2.75, 3.05) is 11.9 Å². The molecule has 0 bridgehead atoms. The second kappa shape index (κ2) is 7.55. The molecule has 0 aliphatic carbocycles. The lowest BCUT2D eigenvalue weighted by Crippen LogP contribution is -2.52. The van der Waals surface area contributed by atoms with Gasteiger partial charge in [-0.05, 0) is 25.1 Å². The molecule has 1 atom stereocenters. The Morgan fingerprint density at radius 2 is 1.91 bits per heavy atom. The average molecular weight is 359 g/mol. The van der Waals surface area contributed by atoms with Crippen molar-refractivity contribution in [2.24, 2.45) is 0 Å². The predicted octanol–water partition coefficient (Wildman–Crippen LogP) is 3.61. The number of esters is 1. The summed E-state index contributed by atoms with van der Waals surface area (Å²) < 4.78 is 42.5. The van der Waals surface area contributed by atoms with Crippen LogP contribution in [-0.2, 0) is 9.53 Å². The molecule has 0 spiro atoms. The summed E-state index contributed by atoms with van der Waals surface area (Å²) in [5.41, 5.74) is 0.108. The van der Waals surface area contributed by atoms with Crippen LogP contribution in [0, 0.1) is 0 Å². The van der Waals surface area contributed by atoms with Crippen LogP contribution in [0.2, 0.25) is 10.0 Å². The molecule has 1 rings (SSSR count). The van der Waals surface area contributed by atoms with Gasteiger partial charge in [0.1, 0.15) is 0 Å². The molecular formula is C12H11Cl2F3N2O3. The number of nitrogens with one attached hydrogen (secondary N) is 2. The van der Waals surface area contributed by atoms with E-state index in [1.807, 2.05) is 0 Å². The molecule has 2 N–H and O–H groups in total. The highest BCUT2D eigenvalue weighted by atomic mass is 35.5. The smallest absolute Gasteiger partial charge is 0.419 e. The largest absolute Gasteiger partial charge is 0.464 e. The maximum atomic E-state index is 12.7. The highest BCUT2D eigenvalue weighted by Crippen LogP contribution is 2.25. The van der Waals surface area contributed by atoms with Crippen LogP contribution in [0.1, 0.15) is 6.92 Å². The summed E-state index contributed by atoms with van der Waals surface area (Å²) in [6, 6.07) is -0.0764. The summed E-state index contributed by atoms with van der Waals surface area (Å²) >= 11 is 11.4. The van der Waals surface area contributed by atoms with Gasteiger partial charge in [0.15, 0.2) is 0 Å². The molecule has 2 amide bonds. The minimum absolute atomic E-state index is 0.108. The van der Waals surface area contributed by atoms with E-state index in [1.54, 1.807) is 0 Å². The number of halogens is 5. The minimum Gasteiger partial charge on any atom is -0.464 e. The third-order valence-electron chi connectivity index (χ3n) is 2.30. The first-order valence-corrected chi connectivity index (χ1v) is 6.66. The van der Waals surface area contributed by atoms with Crippen molar-refractivity contribution < 1.29 is 27.5 Å². The van der Waals surface area contributed by atoms with E-state index in [1.165, 1.54) is 30.4 Å². The molecule has 1 aromatic rings. The lowest BCUT2D eigenvalue weighted by Gasteiger charge is -2.20. The number of hydrogen-bond acceptors (Lipinski definition) is 3. The van der Waals surface area contributed by atoms with Gasteiger partial charge < -0.3 is 15.4 Å². The fourth-order valence-electron chi connectivity index (χ4n) is 1.37. The molecule has 1 aromatic carbocycles. The maximum absolute atomic E-state index is 12.7. The number of amides is 2. The molecule has 0 fully saturated rings. The van der Waals surface area contributed by atoms with Gasteiger partial charge in [-0.1, -0.05) is 23.2 Å². The van der Waals surface area contributed by atoms with Crippen molar-refractivity contribution in [3.63, 3.8) is 0 Å². The Bertz CT molecular complexity index is 567. The van der Waals surface area contributed by atoms with Gasteiger partial charge in [-0.15, -0.1) is 0 Å². The Labute approximate surface area is 133 Å². The molecule has 0 saturated carbocycles. The number of hydrogen-bond donors (Lipinski definition) is 2. The molecule has 10 heteroatoms. The van der Waals surface area contributed by atoms with E-state index in [9.17, 15) is 22.8 Å². The zero-order chi connectivity index (χ0) is 16.9. The van der Waals surface area contributed by atoms with Crippen LogP contribution in [0.15, 0.2) is 18.2 Å². The van der Waals surface area contributed by atoms with Crippen molar-refractivity contribution in [1.29, 1.82) is 0 Å². The fourth-order valence-corrected chi connectivity index (χ4v) is 1.67. The van der Waals surface area contributed by atoms with E-state index in [2.05, 4.69) is 10.1 Å². The van der Waals surface area contributed by atoms with Crippen LogP contribution in [-0.4, -0.2) is 30.8 Å². The van der Waals surface area contributed by atoms with Gasteiger partial charge in [0.2, 0.25) is 6.04 Å². The average Bonchev–Trinajstić information content (AvgIpc) is 2.39. The molecule has 0 aromatic heterocycles. The molecule has 22 heavy (non-hydrogen) atoms. The highest BCUT2D eigenvalue weighted by molar-refractivity contribution is 6.42. The van der Waals surface area contributed by atoms with Gasteiger partial charge in [0.25, 0.3) is 0 Å². The number of rotatable bonds is 4. The summed E-state index contributed by atoms with van der Waals surface area (Å²) in [5.74, 6) is -1.60. The van der Waals surface area contributed by atoms with E-state index < -0.39 is 24.2 Å². The molecule has 122 valence electrons. The summed E-state index contributed by atoms with van der Waals surface area (Å²) in [7, 11) is 0. The van der Waals surface area contributed by atoms with E-state index in [0.29, 0.717) is 0 Å². The van der Waals surface area contributed by atoms with Crippen LogP contribution < -0.4 is 10.6 Å². The van der Waals surface area contributed by atoms with Crippen molar-refractivity contribution in [2.45, 2.75) is 19.1 Å². The monoisotopic (exact) mass is 358 g/mol. The quantitative estimate of drug-likeness (QED) is 0.808. The highest BCUT2D eigenvalue weighted by Gasteiger charge is 2.47. The van der Waals surface area contributed by atoms with Gasteiger partial charge >= 0.3 is 18.2 Å². The zero-order valence-corrected chi connectivity index (χ0v) is 12.6. The number of carbonyl (C=O) groups is 2. The first-order valence-electron chi connectivity index (χ1n) is 5.91. The molecule has 0 saturated heterocycles. The number of carbonyl (C=O) groups excluding carboxylic acids is 2. The second-order valence-electron chi connectivity index (χ2n) is 3.95. The molecular weight excluding hydrogens is 348 g/mol. The van der Waals surface area contributed by atoms with E-state index in [4.69, 9.17) is 23.2 Å². The van der Waals surface area contributed by atoms with E-state index in [0.717, 1.165) is 0 Å².